The van der Waals surface area contributed by atoms with Gasteiger partial charge in [0.25, 0.3) is 6.43 Å². The number of nitrogens with one attached hydrogen (secondary N) is 1. The molecule has 19 heavy (non-hydrogen) atoms. The predicted molar refractivity (Wildman–Crippen MR) is 74.5 cm³/mol. The summed E-state index contributed by atoms with van der Waals surface area (Å²) >= 11 is 3.34. The summed E-state index contributed by atoms with van der Waals surface area (Å²) in [6, 6.07) is 4.09. The molecule has 1 heterocycles. The first-order valence-corrected chi connectivity index (χ1v) is 7.10. The maximum absolute atomic E-state index is 11.9. The van der Waals surface area contributed by atoms with Crippen molar-refractivity contribution in [1.29, 1.82) is 0 Å². The minimum absolute atomic E-state index is 0.191. The summed E-state index contributed by atoms with van der Waals surface area (Å²) in [5, 5.41) is 3.31. The van der Waals surface area contributed by atoms with E-state index < -0.39 is 13.0 Å². The van der Waals surface area contributed by atoms with Crippen LogP contribution in [0.25, 0.3) is 0 Å². The number of rotatable bonds is 9. The topological polar surface area (TPSA) is 34.1 Å². The molecule has 0 saturated carbocycles. The van der Waals surface area contributed by atoms with Crippen LogP contribution in [0.3, 0.4) is 0 Å². The Bertz CT molecular complexity index is 349. The summed E-state index contributed by atoms with van der Waals surface area (Å²) < 4.78 is 29.7. The minimum atomic E-state index is -2.40. The number of halogens is 3. The SMILES string of the molecule is CCNC(CCOCC(F)F)Cc1ccc(Br)cn1. The molecule has 1 atom stereocenters. The molecule has 0 aromatic carbocycles. The fraction of sp³-hybridized carbons (Fsp3) is 0.615. The lowest BCUT2D eigenvalue weighted by Gasteiger charge is -2.17. The number of aromatic nitrogens is 1. The van der Waals surface area contributed by atoms with Crippen LogP contribution in [-0.4, -0.2) is 37.2 Å². The fourth-order valence-electron chi connectivity index (χ4n) is 1.74. The Hall–Kier alpha value is -0.590. The van der Waals surface area contributed by atoms with Crippen molar-refractivity contribution in [3.63, 3.8) is 0 Å². The molecule has 0 aliphatic rings. The van der Waals surface area contributed by atoms with Gasteiger partial charge in [0.15, 0.2) is 0 Å². The van der Waals surface area contributed by atoms with E-state index in [9.17, 15) is 8.78 Å². The van der Waals surface area contributed by atoms with E-state index in [1.54, 1.807) is 6.20 Å². The molecule has 1 N–H and O–H groups in total. The number of hydrogen-bond acceptors (Lipinski definition) is 3. The summed E-state index contributed by atoms with van der Waals surface area (Å²) in [5.74, 6) is 0. The van der Waals surface area contributed by atoms with E-state index in [-0.39, 0.29) is 6.04 Å². The van der Waals surface area contributed by atoms with Crippen LogP contribution >= 0.6 is 15.9 Å². The van der Waals surface area contributed by atoms with Crippen molar-refractivity contribution in [2.45, 2.75) is 32.2 Å². The van der Waals surface area contributed by atoms with Gasteiger partial charge in [0, 0.05) is 35.4 Å². The highest BCUT2D eigenvalue weighted by Gasteiger charge is 2.10. The molecule has 6 heteroatoms. The molecule has 108 valence electrons. The number of likely N-dealkylation sites (N-methyl/N-ethyl adjacent to an activating group) is 1. The Kier molecular flexibility index (Phi) is 8.09. The lowest BCUT2D eigenvalue weighted by Crippen LogP contribution is -2.32. The monoisotopic (exact) mass is 336 g/mol. The Morgan fingerprint density at radius 3 is 2.79 bits per heavy atom. The third kappa shape index (κ3) is 7.54. The summed E-state index contributed by atoms with van der Waals surface area (Å²) in [6.45, 7) is 2.69. The van der Waals surface area contributed by atoms with Crippen LogP contribution in [0.15, 0.2) is 22.8 Å². The van der Waals surface area contributed by atoms with E-state index in [4.69, 9.17) is 4.74 Å². The molecule has 0 fully saturated rings. The first-order valence-electron chi connectivity index (χ1n) is 6.31. The van der Waals surface area contributed by atoms with Gasteiger partial charge in [-0.2, -0.15) is 0 Å². The van der Waals surface area contributed by atoms with E-state index in [2.05, 4.69) is 26.2 Å². The molecule has 0 amide bonds. The molecule has 1 unspecified atom stereocenters. The number of alkyl halides is 2. The van der Waals surface area contributed by atoms with Crippen molar-refractivity contribution in [2.75, 3.05) is 19.8 Å². The lowest BCUT2D eigenvalue weighted by molar-refractivity contribution is 0.0144. The average molecular weight is 337 g/mol. The zero-order valence-corrected chi connectivity index (χ0v) is 12.5. The molecule has 1 aromatic rings. The highest BCUT2D eigenvalue weighted by molar-refractivity contribution is 9.10. The van der Waals surface area contributed by atoms with Gasteiger partial charge in [-0.05, 0) is 41.0 Å². The van der Waals surface area contributed by atoms with Crippen molar-refractivity contribution in [2.24, 2.45) is 0 Å². The van der Waals surface area contributed by atoms with Gasteiger partial charge in [0.05, 0.1) is 0 Å². The first kappa shape index (κ1) is 16.5. The maximum Gasteiger partial charge on any atom is 0.261 e. The molecule has 0 bridgehead atoms. The van der Waals surface area contributed by atoms with Crippen molar-refractivity contribution in [3.8, 4) is 0 Å². The van der Waals surface area contributed by atoms with Crippen molar-refractivity contribution >= 4 is 15.9 Å². The molecule has 1 aromatic heterocycles. The largest absolute Gasteiger partial charge is 0.375 e. The van der Waals surface area contributed by atoms with Crippen LogP contribution in [0.1, 0.15) is 19.0 Å². The number of pyridine rings is 1. The Morgan fingerprint density at radius 2 is 2.21 bits per heavy atom. The quantitative estimate of drug-likeness (QED) is 0.704. The summed E-state index contributed by atoms with van der Waals surface area (Å²) in [5.41, 5.74) is 0.975. The summed E-state index contributed by atoms with van der Waals surface area (Å²) in [6.07, 6.45) is 0.814. The van der Waals surface area contributed by atoms with Crippen LogP contribution < -0.4 is 5.32 Å². The van der Waals surface area contributed by atoms with E-state index in [0.717, 1.165) is 23.1 Å². The summed E-state index contributed by atoms with van der Waals surface area (Å²) in [7, 11) is 0. The van der Waals surface area contributed by atoms with E-state index in [1.807, 2.05) is 19.1 Å². The first-order chi connectivity index (χ1) is 9.11. The van der Waals surface area contributed by atoms with Crippen LogP contribution in [0.5, 0.6) is 0 Å². The summed E-state index contributed by atoms with van der Waals surface area (Å²) in [4.78, 5) is 4.31. The van der Waals surface area contributed by atoms with Crippen molar-refractivity contribution in [3.05, 3.63) is 28.5 Å². The molecule has 3 nitrogen and oxygen atoms in total. The molecular weight excluding hydrogens is 318 g/mol. The van der Waals surface area contributed by atoms with Crippen LogP contribution in [0.2, 0.25) is 0 Å². The molecule has 1 rings (SSSR count). The smallest absolute Gasteiger partial charge is 0.261 e. The molecule has 0 spiro atoms. The highest BCUT2D eigenvalue weighted by Crippen LogP contribution is 2.10. The molecule has 0 radical (unpaired) electrons. The average Bonchev–Trinajstić information content (AvgIpc) is 2.37. The van der Waals surface area contributed by atoms with Gasteiger partial charge in [-0.25, -0.2) is 8.78 Å². The number of nitrogens with zero attached hydrogens (tertiary/aromatic N) is 1. The second-order valence-electron chi connectivity index (χ2n) is 4.18. The third-order valence-corrected chi connectivity index (χ3v) is 3.06. The van der Waals surface area contributed by atoms with Crippen LogP contribution in [0, 0.1) is 0 Å². The van der Waals surface area contributed by atoms with Gasteiger partial charge >= 0.3 is 0 Å². The Balaban J connectivity index is 2.37. The van der Waals surface area contributed by atoms with Gasteiger partial charge in [-0.15, -0.1) is 0 Å². The Morgan fingerprint density at radius 1 is 1.42 bits per heavy atom. The molecule has 0 saturated heterocycles. The molecular formula is C13H19BrF2N2O. The van der Waals surface area contributed by atoms with Crippen LogP contribution in [0.4, 0.5) is 8.78 Å². The van der Waals surface area contributed by atoms with E-state index >= 15 is 0 Å². The van der Waals surface area contributed by atoms with E-state index in [0.29, 0.717) is 13.0 Å². The zero-order chi connectivity index (χ0) is 14.1. The van der Waals surface area contributed by atoms with Crippen LogP contribution in [-0.2, 0) is 11.2 Å². The van der Waals surface area contributed by atoms with Gasteiger partial charge in [-0.3, -0.25) is 4.98 Å². The van der Waals surface area contributed by atoms with Gasteiger partial charge in [0.2, 0.25) is 0 Å². The molecule has 0 aliphatic heterocycles. The predicted octanol–water partition coefficient (Wildman–Crippen LogP) is 3.04. The van der Waals surface area contributed by atoms with Gasteiger partial charge < -0.3 is 10.1 Å². The number of ether oxygens (including phenoxy) is 1. The normalized spacial score (nSPS) is 12.9. The highest BCUT2D eigenvalue weighted by atomic mass is 79.9. The zero-order valence-electron chi connectivity index (χ0n) is 10.9. The third-order valence-electron chi connectivity index (χ3n) is 2.59. The fourth-order valence-corrected chi connectivity index (χ4v) is 1.98. The van der Waals surface area contributed by atoms with Crippen molar-refractivity contribution in [1.82, 2.24) is 10.3 Å². The maximum atomic E-state index is 11.9. The lowest BCUT2D eigenvalue weighted by atomic mass is 10.1. The Labute approximate surface area is 120 Å². The van der Waals surface area contributed by atoms with Crippen molar-refractivity contribution < 1.29 is 13.5 Å². The minimum Gasteiger partial charge on any atom is -0.375 e. The van der Waals surface area contributed by atoms with E-state index in [1.165, 1.54) is 0 Å². The standard InChI is InChI=1S/C13H19BrF2N2O/c1-2-17-12(5-6-19-9-13(15)16)7-11-4-3-10(14)8-18-11/h3-4,8,12-13,17H,2,5-7,9H2,1H3. The van der Waals surface area contributed by atoms with Gasteiger partial charge in [0.1, 0.15) is 6.61 Å². The number of hydrogen-bond donors (Lipinski definition) is 1. The van der Waals surface area contributed by atoms with Gasteiger partial charge in [-0.1, -0.05) is 6.92 Å². The second-order valence-corrected chi connectivity index (χ2v) is 5.10. The second kappa shape index (κ2) is 9.34. The molecule has 0 aliphatic carbocycles.